The van der Waals surface area contributed by atoms with Crippen molar-refractivity contribution >= 4 is 28.3 Å². The lowest BCUT2D eigenvalue weighted by Crippen LogP contribution is -2.28. The van der Waals surface area contributed by atoms with E-state index in [1.54, 1.807) is 11.0 Å². The number of rotatable bonds is 3. The van der Waals surface area contributed by atoms with Gasteiger partial charge in [-0.25, -0.2) is 0 Å². The molecular formula is C23H21NO3. The van der Waals surface area contributed by atoms with Crippen LogP contribution >= 0.6 is 0 Å². The van der Waals surface area contributed by atoms with E-state index in [9.17, 15) is 9.59 Å². The Morgan fingerprint density at radius 2 is 1.67 bits per heavy atom. The summed E-state index contributed by atoms with van der Waals surface area (Å²) in [6.07, 6.45) is 0.181. The molecule has 0 saturated carbocycles. The third-order valence-corrected chi connectivity index (χ3v) is 5.11. The number of benzene rings is 3. The normalized spacial score (nSPS) is 16.7. The molecule has 0 aliphatic carbocycles. The van der Waals surface area contributed by atoms with Crippen molar-refractivity contribution in [1.82, 2.24) is 0 Å². The first-order valence-corrected chi connectivity index (χ1v) is 9.10. The van der Waals surface area contributed by atoms with Gasteiger partial charge < -0.3 is 9.64 Å². The summed E-state index contributed by atoms with van der Waals surface area (Å²) in [5, 5.41) is 2.11. The Labute approximate surface area is 158 Å². The Bertz CT molecular complexity index is 1020. The second-order valence-corrected chi connectivity index (χ2v) is 7.08. The highest BCUT2D eigenvalue weighted by Gasteiger charge is 2.37. The van der Waals surface area contributed by atoms with E-state index in [-0.39, 0.29) is 18.3 Å². The molecule has 0 N–H and O–H groups in total. The monoisotopic (exact) mass is 359 g/mol. The molecule has 4 nitrogen and oxygen atoms in total. The van der Waals surface area contributed by atoms with E-state index in [1.807, 2.05) is 68.4 Å². The fourth-order valence-electron chi connectivity index (χ4n) is 3.74. The fraction of sp³-hybridized carbons (Fsp3) is 0.217. The van der Waals surface area contributed by atoms with Crippen LogP contribution in [0.15, 0.2) is 60.7 Å². The van der Waals surface area contributed by atoms with Crippen LogP contribution in [0.2, 0.25) is 0 Å². The van der Waals surface area contributed by atoms with Crippen molar-refractivity contribution in [1.29, 1.82) is 0 Å². The molecule has 136 valence electrons. The number of hydrogen-bond acceptors (Lipinski definition) is 3. The molecule has 1 heterocycles. The smallest absolute Gasteiger partial charge is 0.316 e. The highest BCUT2D eigenvalue weighted by Crippen LogP contribution is 2.31. The van der Waals surface area contributed by atoms with Gasteiger partial charge in [-0.3, -0.25) is 9.59 Å². The number of nitrogens with zero attached hydrogens (tertiary/aromatic N) is 1. The van der Waals surface area contributed by atoms with E-state index in [4.69, 9.17) is 4.74 Å². The molecule has 0 aromatic heterocycles. The van der Waals surface area contributed by atoms with Crippen LogP contribution in [0, 0.1) is 19.8 Å². The van der Waals surface area contributed by atoms with E-state index in [2.05, 4.69) is 0 Å². The molecule has 27 heavy (non-hydrogen) atoms. The van der Waals surface area contributed by atoms with Crippen molar-refractivity contribution in [3.63, 3.8) is 0 Å². The Balaban J connectivity index is 1.52. The third-order valence-electron chi connectivity index (χ3n) is 5.11. The van der Waals surface area contributed by atoms with Gasteiger partial charge >= 0.3 is 5.97 Å². The topological polar surface area (TPSA) is 46.6 Å². The van der Waals surface area contributed by atoms with Crippen molar-refractivity contribution in [2.45, 2.75) is 20.3 Å². The highest BCUT2D eigenvalue weighted by atomic mass is 16.5. The summed E-state index contributed by atoms with van der Waals surface area (Å²) < 4.78 is 5.58. The number of anilines is 1. The van der Waals surface area contributed by atoms with Crippen LogP contribution in [-0.2, 0) is 9.59 Å². The molecule has 1 amide bonds. The summed E-state index contributed by atoms with van der Waals surface area (Å²) in [6, 6.07) is 19.4. The minimum Gasteiger partial charge on any atom is -0.426 e. The molecule has 4 rings (SSSR count). The highest BCUT2D eigenvalue weighted by molar-refractivity contribution is 6.01. The van der Waals surface area contributed by atoms with Gasteiger partial charge in [0.25, 0.3) is 0 Å². The molecule has 0 radical (unpaired) electrons. The molecule has 0 bridgehead atoms. The maximum Gasteiger partial charge on any atom is 0.316 e. The number of fused-ring (bicyclic) bond motifs is 1. The summed E-state index contributed by atoms with van der Waals surface area (Å²) >= 11 is 0. The quantitative estimate of drug-likeness (QED) is 0.514. The number of amides is 1. The number of esters is 1. The number of aryl methyl sites for hydroxylation is 2. The van der Waals surface area contributed by atoms with Crippen LogP contribution in [-0.4, -0.2) is 18.4 Å². The van der Waals surface area contributed by atoms with Gasteiger partial charge in [0.15, 0.2) is 0 Å². The number of hydrogen-bond donors (Lipinski definition) is 0. The van der Waals surface area contributed by atoms with Gasteiger partial charge in [0.2, 0.25) is 5.91 Å². The van der Waals surface area contributed by atoms with Crippen LogP contribution in [0.3, 0.4) is 0 Å². The molecule has 3 aromatic rings. The Hall–Kier alpha value is -3.14. The van der Waals surface area contributed by atoms with Crippen LogP contribution in [0.4, 0.5) is 5.69 Å². The summed E-state index contributed by atoms with van der Waals surface area (Å²) in [6.45, 7) is 4.32. The summed E-state index contributed by atoms with van der Waals surface area (Å²) in [4.78, 5) is 26.9. The maximum atomic E-state index is 12.6. The number of para-hydroxylation sites is 1. The molecule has 1 aliphatic heterocycles. The fourth-order valence-corrected chi connectivity index (χ4v) is 3.74. The molecular weight excluding hydrogens is 338 g/mol. The molecule has 3 aromatic carbocycles. The zero-order valence-corrected chi connectivity index (χ0v) is 15.4. The number of carbonyl (C=O) groups excluding carboxylic acids is 2. The average Bonchev–Trinajstić information content (AvgIpc) is 3.03. The average molecular weight is 359 g/mol. The minimum atomic E-state index is -0.456. The molecule has 1 aliphatic rings. The Morgan fingerprint density at radius 1 is 0.963 bits per heavy atom. The third kappa shape index (κ3) is 3.31. The molecule has 1 saturated heterocycles. The van der Waals surface area contributed by atoms with Gasteiger partial charge in [-0.1, -0.05) is 48.5 Å². The summed E-state index contributed by atoms with van der Waals surface area (Å²) in [7, 11) is 0. The van der Waals surface area contributed by atoms with Crippen LogP contribution in [0.25, 0.3) is 10.8 Å². The van der Waals surface area contributed by atoms with Crippen LogP contribution in [0.1, 0.15) is 17.5 Å². The number of carbonyl (C=O) groups is 2. The molecule has 1 fully saturated rings. The predicted molar refractivity (Wildman–Crippen MR) is 106 cm³/mol. The standard InChI is InChI=1S/C23H21NO3/c1-15-6-5-7-16(2)22(15)24-14-19(13-21(24)25)23(26)27-20-11-10-17-8-3-4-9-18(17)12-20/h3-12,19H,13-14H2,1-2H3/t19-/m1/s1. The largest absolute Gasteiger partial charge is 0.426 e. The SMILES string of the molecule is Cc1cccc(C)c1N1C[C@H](C(=O)Oc2ccc3ccccc3c2)CC1=O. The van der Waals surface area contributed by atoms with E-state index in [0.717, 1.165) is 27.6 Å². The van der Waals surface area contributed by atoms with Crippen molar-refractivity contribution in [3.05, 3.63) is 71.8 Å². The molecule has 0 spiro atoms. The van der Waals surface area contributed by atoms with Crippen molar-refractivity contribution in [2.24, 2.45) is 5.92 Å². The minimum absolute atomic E-state index is 0.0344. The maximum absolute atomic E-state index is 12.6. The second kappa shape index (κ2) is 6.88. The van der Waals surface area contributed by atoms with E-state index >= 15 is 0 Å². The number of ether oxygens (including phenoxy) is 1. The lowest BCUT2D eigenvalue weighted by molar-refractivity contribution is -0.139. The van der Waals surface area contributed by atoms with Crippen molar-refractivity contribution in [3.8, 4) is 5.75 Å². The van der Waals surface area contributed by atoms with Crippen LogP contribution < -0.4 is 9.64 Å². The van der Waals surface area contributed by atoms with Gasteiger partial charge in [0.05, 0.1) is 5.92 Å². The van der Waals surface area contributed by atoms with Gasteiger partial charge in [-0.05, 0) is 47.9 Å². The summed E-state index contributed by atoms with van der Waals surface area (Å²) in [5.74, 6) is -0.333. The predicted octanol–water partition coefficient (Wildman–Crippen LogP) is 4.42. The summed E-state index contributed by atoms with van der Waals surface area (Å²) in [5.41, 5.74) is 2.97. The van der Waals surface area contributed by atoms with Gasteiger partial charge in [0, 0.05) is 18.7 Å². The van der Waals surface area contributed by atoms with Crippen molar-refractivity contribution in [2.75, 3.05) is 11.4 Å². The zero-order valence-electron chi connectivity index (χ0n) is 15.4. The lowest BCUT2D eigenvalue weighted by atomic mass is 10.1. The van der Waals surface area contributed by atoms with E-state index in [1.165, 1.54) is 0 Å². The van der Waals surface area contributed by atoms with Gasteiger partial charge in [0.1, 0.15) is 5.75 Å². The van der Waals surface area contributed by atoms with E-state index in [0.29, 0.717) is 12.3 Å². The molecule has 1 atom stereocenters. The second-order valence-electron chi connectivity index (χ2n) is 7.08. The molecule has 0 unspecified atom stereocenters. The molecule has 4 heteroatoms. The Morgan fingerprint density at radius 3 is 2.41 bits per heavy atom. The lowest BCUT2D eigenvalue weighted by Gasteiger charge is -2.21. The van der Waals surface area contributed by atoms with Crippen LogP contribution in [0.5, 0.6) is 5.75 Å². The Kier molecular flexibility index (Phi) is 4.40. The van der Waals surface area contributed by atoms with E-state index < -0.39 is 5.92 Å². The zero-order chi connectivity index (χ0) is 19.0. The van der Waals surface area contributed by atoms with Gasteiger partial charge in [-0.2, -0.15) is 0 Å². The first-order chi connectivity index (χ1) is 13.0. The first-order valence-electron chi connectivity index (χ1n) is 9.10. The first kappa shape index (κ1) is 17.3. The van der Waals surface area contributed by atoms with Gasteiger partial charge in [-0.15, -0.1) is 0 Å². The van der Waals surface area contributed by atoms with Crippen molar-refractivity contribution < 1.29 is 14.3 Å².